The SMILES string of the molecule is CCNc1nc(C(C)C)nc(NCC2(SC)CC2)c1C. The molecule has 2 N–H and O–H groups in total. The van der Waals surface area contributed by atoms with Crippen LogP contribution in [-0.2, 0) is 0 Å². The van der Waals surface area contributed by atoms with E-state index in [0.717, 1.165) is 36.1 Å². The summed E-state index contributed by atoms with van der Waals surface area (Å²) in [6.07, 6.45) is 4.82. The van der Waals surface area contributed by atoms with E-state index in [1.807, 2.05) is 11.8 Å². The van der Waals surface area contributed by atoms with Crippen LogP contribution in [0, 0.1) is 6.92 Å². The Labute approximate surface area is 126 Å². The van der Waals surface area contributed by atoms with Crippen molar-refractivity contribution in [3.8, 4) is 0 Å². The molecule has 2 rings (SSSR count). The minimum Gasteiger partial charge on any atom is -0.370 e. The normalized spacial score (nSPS) is 16.3. The summed E-state index contributed by atoms with van der Waals surface area (Å²) in [6, 6.07) is 0. The summed E-state index contributed by atoms with van der Waals surface area (Å²) in [5.41, 5.74) is 1.12. The predicted octanol–water partition coefficient (Wildman–Crippen LogP) is 3.65. The average molecular weight is 294 g/mol. The van der Waals surface area contributed by atoms with Gasteiger partial charge in [-0.2, -0.15) is 11.8 Å². The molecular weight excluding hydrogens is 268 g/mol. The second-order valence-electron chi connectivity index (χ2n) is 5.83. The van der Waals surface area contributed by atoms with E-state index >= 15 is 0 Å². The van der Waals surface area contributed by atoms with Gasteiger partial charge in [-0.15, -0.1) is 0 Å². The van der Waals surface area contributed by atoms with E-state index in [9.17, 15) is 0 Å². The molecule has 0 unspecified atom stereocenters. The highest BCUT2D eigenvalue weighted by Crippen LogP contribution is 2.47. The summed E-state index contributed by atoms with van der Waals surface area (Å²) in [7, 11) is 0. The third-order valence-corrected chi connectivity index (χ3v) is 5.26. The van der Waals surface area contributed by atoms with E-state index in [1.165, 1.54) is 12.8 Å². The van der Waals surface area contributed by atoms with Gasteiger partial charge in [0.2, 0.25) is 0 Å². The molecule has 1 aliphatic carbocycles. The van der Waals surface area contributed by atoms with Gasteiger partial charge in [-0.05, 0) is 32.9 Å². The summed E-state index contributed by atoms with van der Waals surface area (Å²) in [5.74, 6) is 3.19. The van der Waals surface area contributed by atoms with Crippen LogP contribution in [0.25, 0.3) is 0 Å². The predicted molar refractivity (Wildman–Crippen MR) is 89.0 cm³/mol. The van der Waals surface area contributed by atoms with Crippen molar-refractivity contribution in [1.82, 2.24) is 9.97 Å². The Bertz CT molecular complexity index is 469. The third-order valence-electron chi connectivity index (χ3n) is 3.84. The van der Waals surface area contributed by atoms with Gasteiger partial charge in [-0.3, -0.25) is 0 Å². The summed E-state index contributed by atoms with van der Waals surface area (Å²) in [6.45, 7) is 10.3. The first-order valence-corrected chi connectivity index (χ1v) is 8.65. The van der Waals surface area contributed by atoms with Gasteiger partial charge in [0.05, 0.1) is 0 Å². The lowest BCUT2D eigenvalue weighted by molar-refractivity contribution is 0.771. The highest BCUT2D eigenvalue weighted by atomic mass is 32.2. The van der Waals surface area contributed by atoms with Crippen LogP contribution in [0.4, 0.5) is 11.6 Å². The van der Waals surface area contributed by atoms with Crippen LogP contribution >= 0.6 is 11.8 Å². The molecule has 0 bridgehead atoms. The first kappa shape index (κ1) is 15.4. The molecular formula is C15H26N4S. The first-order chi connectivity index (χ1) is 9.51. The molecule has 1 aromatic heterocycles. The van der Waals surface area contributed by atoms with E-state index in [2.05, 4.69) is 49.6 Å². The molecule has 1 aliphatic rings. The maximum atomic E-state index is 4.71. The van der Waals surface area contributed by atoms with Crippen LogP contribution in [0.2, 0.25) is 0 Å². The molecule has 20 heavy (non-hydrogen) atoms. The number of thioether (sulfide) groups is 1. The molecule has 0 aliphatic heterocycles. The molecule has 1 saturated carbocycles. The van der Waals surface area contributed by atoms with Crippen LogP contribution < -0.4 is 10.6 Å². The lowest BCUT2D eigenvalue weighted by Crippen LogP contribution is -2.20. The van der Waals surface area contributed by atoms with Crippen molar-refractivity contribution in [2.24, 2.45) is 0 Å². The number of hydrogen-bond donors (Lipinski definition) is 2. The Kier molecular flexibility index (Phi) is 4.78. The summed E-state index contributed by atoms with van der Waals surface area (Å²) in [5, 5.41) is 6.89. The molecule has 0 saturated heterocycles. The Balaban J connectivity index is 2.21. The lowest BCUT2D eigenvalue weighted by atomic mass is 10.2. The molecule has 4 nitrogen and oxygen atoms in total. The molecule has 112 valence electrons. The van der Waals surface area contributed by atoms with Crippen molar-refractivity contribution in [3.63, 3.8) is 0 Å². The molecule has 0 spiro atoms. The molecule has 0 atom stereocenters. The van der Waals surface area contributed by atoms with Crippen molar-refractivity contribution < 1.29 is 0 Å². The second-order valence-corrected chi connectivity index (χ2v) is 7.10. The molecule has 0 amide bonds. The summed E-state index contributed by atoms with van der Waals surface area (Å²) in [4.78, 5) is 9.34. The standard InChI is InChI=1S/C15H26N4S/c1-6-16-13-11(4)14(19-12(18-13)10(2)3)17-9-15(20-5)7-8-15/h10H,6-9H2,1-5H3,(H2,16,17,18,19). The van der Waals surface area contributed by atoms with Crippen LogP contribution in [0.1, 0.15) is 50.9 Å². The van der Waals surface area contributed by atoms with E-state index < -0.39 is 0 Å². The van der Waals surface area contributed by atoms with Crippen molar-refractivity contribution in [1.29, 1.82) is 0 Å². The topological polar surface area (TPSA) is 49.8 Å². The van der Waals surface area contributed by atoms with E-state index in [-0.39, 0.29) is 0 Å². The highest BCUT2D eigenvalue weighted by Gasteiger charge is 2.41. The number of nitrogens with one attached hydrogen (secondary N) is 2. The maximum Gasteiger partial charge on any atom is 0.135 e. The largest absolute Gasteiger partial charge is 0.370 e. The van der Waals surface area contributed by atoms with Gasteiger partial charge in [0, 0.05) is 29.3 Å². The molecule has 5 heteroatoms. The van der Waals surface area contributed by atoms with Gasteiger partial charge in [0.15, 0.2) is 0 Å². The van der Waals surface area contributed by atoms with Crippen LogP contribution in [0.5, 0.6) is 0 Å². The summed E-state index contributed by atoms with van der Waals surface area (Å²) < 4.78 is 0.438. The highest BCUT2D eigenvalue weighted by molar-refractivity contribution is 8.00. The number of hydrogen-bond acceptors (Lipinski definition) is 5. The zero-order valence-electron chi connectivity index (χ0n) is 13.2. The quantitative estimate of drug-likeness (QED) is 0.804. The molecule has 1 heterocycles. The average Bonchev–Trinajstić information content (AvgIpc) is 3.20. The molecule has 0 aromatic carbocycles. The van der Waals surface area contributed by atoms with E-state index in [0.29, 0.717) is 10.7 Å². The van der Waals surface area contributed by atoms with Crippen LogP contribution in [0.3, 0.4) is 0 Å². The van der Waals surface area contributed by atoms with Gasteiger partial charge in [-0.25, -0.2) is 9.97 Å². The fourth-order valence-electron chi connectivity index (χ4n) is 2.14. The van der Waals surface area contributed by atoms with Gasteiger partial charge in [-0.1, -0.05) is 13.8 Å². The van der Waals surface area contributed by atoms with E-state index in [4.69, 9.17) is 4.98 Å². The van der Waals surface area contributed by atoms with Crippen LogP contribution in [0.15, 0.2) is 0 Å². The van der Waals surface area contributed by atoms with Gasteiger partial charge in [0.1, 0.15) is 17.5 Å². The number of nitrogens with zero attached hydrogens (tertiary/aromatic N) is 2. The third kappa shape index (κ3) is 3.37. The molecule has 0 radical (unpaired) electrons. The van der Waals surface area contributed by atoms with Crippen molar-refractivity contribution in [2.75, 3.05) is 30.0 Å². The number of aromatic nitrogens is 2. The fraction of sp³-hybridized carbons (Fsp3) is 0.733. The van der Waals surface area contributed by atoms with Gasteiger partial charge >= 0.3 is 0 Å². The zero-order valence-corrected chi connectivity index (χ0v) is 14.0. The molecule has 1 aromatic rings. The second kappa shape index (κ2) is 6.20. The Hall–Kier alpha value is -0.970. The Morgan fingerprint density at radius 1 is 1.20 bits per heavy atom. The first-order valence-electron chi connectivity index (χ1n) is 7.43. The molecule has 1 fully saturated rings. The minimum absolute atomic E-state index is 0.337. The van der Waals surface area contributed by atoms with Crippen molar-refractivity contribution >= 4 is 23.4 Å². The van der Waals surface area contributed by atoms with Gasteiger partial charge < -0.3 is 10.6 Å². The maximum absolute atomic E-state index is 4.71. The van der Waals surface area contributed by atoms with Gasteiger partial charge in [0.25, 0.3) is 0 Å². The Morgan fingerprint density at radius 2 is 1.80 bits per heavy atom. The zero-order chi connectivity index (χ0) is 14.8. The smallest absolute Gasteiger partial charge is 0.135 e. The number of rotatable bonds is 7. The Morgan fingerprint density at radius 3 is 2.25 bits per heavy atom. The van der Waals surface area contributed by atoms with Crippen LogP contribution in [-0.4, -0.2) is 34.1 Å². The van der Waals surface area contributed by atoms with E-state index in [1.54, 1.807) is 0 Å². The fourth-order valence-corrected chi connectivity index (χ4v) is 2.87. The number of anilines is 2. The minimum atomic E-state index is 0.337. The monoisotopic (exact) mass is 294 g/mol. The lowest BCUT2D eigenvalue weighted by Gasteiger charge is -2.18. The van der Waals surface area contributed by atoms with Crippen molar-refractivity contribution in [2.45, 2.75) is 51.2 Å². The summed E-state index contributed by atoms with van der Waals surface area (Å²) >= 11 is 1.97. The van der Waals surface area contributed by atoms with Crippen molar-refractivity contribution in [3.05, 3.63) is 11.4 Å².